The third-order valence-electron chi connectivity index (χ3n) is 9.57. The zero-order valence-electron chi connectivity index (χ0n) is 28.2. The van der Waals surface area contributed by atoms with E-state index in [9.17, 15) is 0 Å². The van der Waals surface area contributed by atoms with Gasteiger partial charge in [0.05, 0.1) is 0 Å². The van der Waals surface area contributed by atoms with Gasteiger partial charge in [-0.05, 0) is 96.2 Å². The number of benzene rings is 4. The Morgan fingerprint density at radius 1 is 0.378 bits per heavy atom. The first-order valence-electron chi connectivity index (χ1n) is 18.0. The lowest BCUT2D eigenvalue weighted by molar-refractivity contribution is 0.611. The van der Waals surface area contributed by atoms with E-state index in [0.717, 1.165) is 11.4 Å². The average molecular weight is 603 g/mol. The lowest BCUT2D eigenvalue weighted by Crippen LogP contribution is -2.02. The van der Waals surface area contributed by atoms with Crippen molar-refractivity contribution in [3.8, 4) is 0 Å². The van der Waals surface area contributed by atoms with Crippen LogP contribution in [0.5, 0.6) is 0 Å². The molecule has 240 valence electrons. The summed E-state index contributed by atoms with van der Waals surface area (Å²) in [7, 11) is 0. The molecule has 2 heteroatoms. The van der Waals surface area contributed by atoms with Gasteiger partial charge in [-0.15, -0.1) is 0 Å². The molecule has 45 heavy (non-hydrogen) atoms. The molecular formula is C43H58N2. The van der Waals surface area contributed by atoms with Gasteiger partial charge in [0.1, 0.15) is 0 Å². The van der Waals surface area contributed by atoms with Crippen molar-refractivity contribution in [3.05, 3.63) is 130 Å². The van der Waals surface area contributed by atoms with Crippen LogP contribution in [0.25, 0.3) is 0 Å². The summed E-state index contributed by atoms with van der Waals surface area (Å²) in [6, 6.07) is 36.0. The molecule has 4 aromatic carbocycles. The summed E-state index contributed by atoms with van der Waals surface area (Å²) < 4.78 is 0. The number of hydrogen-bond donors (Lipinski definition) is 2. The van der Waals surface area contributed by atoms with Gasteiger partial charge in [-0.1, -0.05) is 144 Å². The summed E-state index contributed by atoms with van der Waals surface area (Å²) in [5, 5.41) is 0. The highest BCUT2D eigenvalue weighted by Crippen LogP contribution is 2.32. The maximum absolute atomic E-state index is 5.97. The summed E-state index contributed by atoms with van der Waals surface area (Å²) in [4.78, 5) is 0. The molecule has 2 unspecified atom stereocenters. The van der Waals surface area contributed by atoms with Crippen LogP contribution in [0, 0.1) is 0 Å². The minimum absolute atomic E-state index is 0.457. The van der Waals surface area contributed by atoms with Crippen LogP contribution in [0.15, 0.2) is 97.1 Å². The van der Waals surface area contributed by atoms with E-state index in [1.807, 2.05) is 24.3 Å². The number of unbranched alkanes of at least 4 members (excludes halogenated alkanes) is 8. The molecule has 0 amide bonds. The Morgan fingerprint density at radius 2 is 0.689 bits per heavy atom. The molecule has 4 aromatic rings. The number of nitrogens with two attached hydrogens (primary N) is 2. The van der Waals surface area contributed by atoms with Crippen LogP contribution in [0.1, 0.15) is 143 Å². The average Bonchev–Trinajstić information content (AvgIpc) is 3.07. The van der Waals surface area contributed by atoms with E-state index in [4.69, 9.17) is 11.5 Å². The van der Waals surface area contributed by atoms with Gasteiger partial charge in [0, 0.05) is 23.2 Å². The summed E-state index contributed by atoms with van der Waals surface area (Å²) >= 11 is 0. The standard InChI is InChI=1S/C43H58N2/c1-3-5-10-16-42(38-26-30-40(44)31-27-38)36-22-18-34(19-23-36)14-12-8-7-9-13-15-35-20-24-37(25-21-35)43(17-11-6-4-2)39-28-32-41(45)33-29-39/h18-33,42-43H,3-17,44-45H2,1-2H3. The van der Waals surface area contributed by atoms with Crippen molar-refractivity contribution < 1.29 is 0 Å². The molecule has 0 spiro atoms. The number of anilines is 2. The van der Waals surface area contributed by atoms with Crippen LogP contribution in [0.3, 0.4) is 0 Å². The Kier molecular flexibility index (Phi) is 14.6. The molecule has 0 bridgehead atoms. The molecular weight excluding hydrogens is 544 g/mol. The van der Waals surface area contributed by atoms with Crippen molar-refractivity contribution >= 4 is 11.4 Å². The second-order valence-corrected chi connectivity index (χ2v) is 13.2. The summed E-state index contributed by atoms with van der Waals surface area (Å²) in [5.41, 5.74) is 22.2. The SMILES string of the molecule is CCCCCC(c1ccc(N)cc1)c1ccc(CCCCCCCc2ccc(C(CCCCC)c3ccc(N)cc3)cc2)cc1. The maximum Gasteiger partial charge on any atom is 0.0314 e. The molecule has 0 fully saturated rings. The predicted octanol–water partition coefficient (Wildman–Crippen LogP) is 12.0. The Morgan fingerprint density at radius 3 is 1.02 bits per heavy atom. The minimum Gasteiger partial charge on any atom is -0.399 e. The van der Waals surface area contributed by atoms with E-state index in [1.165, 1.54) is 130 Å². The van der Waals surface area contributed by atoms with Gasteiger partial charge in [-0.3, -0.25) is 0 Å². The van der Waals surface area contributed by atoms with Gasteiger partial charge in [-0.2, -0.15) is 0 Å². The molecule has 0 aliphatic carbocycles. The summed E-state index contributed by atoms with van der Waals surface area (Å²) in [6.07, 6.45) is 18.9. The third-order valence-corrected chi connectivity index (χ3v) is 9.57. The molecule has 0 aromatic heterocycles. The van der Waals surface area contributed by atoms with Gasteiger partial charge >= 0.3 is 0 Å². The number of nitrogen functional groups attached to an aromatic ring is 2. The molecule has 0 heterocycles. The predicted molar refractivity (Wildman–Crippen MR) is 197 cm³/mol. The number of rotatable bonds is 20. The molecule has 0 aliphatic heterocycles. The van der Waals surface area contributed by atoms with Crippen molar-refractivity contribution in [2.75, 3.05) is 11.5 Å². The van der Waals surface area contributed by atoms with Crippen molar-refractivity contribution in [2.45, 2.75) is 122 Å². The first-order valence-corrected chi connectivity index (χ1v) is 18.0. The molecule has 0 radical (unpaired) electrons. The van der Waals surface area contributed by atoms with Crippen molar-refractivity contribution in [3.63, 3.8) is 0 Å². The van der Waals surface area contributed by atoms with E-state index < -0.39 is 0 Å². The Hall–Kier alpha value is -3.52. The number of hydrogen-bond acceptors (Lipinski definition) is 2. The molecule has 0 saturated heterocycles. The topological polar surface area (TPSA) is 52.0 Å². The molecule has 4 N–H and O–H groups in total. The second-order valence-electron chi connectivity index (χ2n) is 13.2. The minimum atomic E-state index is 0.457. The summed E-state index contributed by atoms with van der Waals surface area (Å²) in [5.74, 6) is 0.914. The Labute approximate surface area is 274 Å². The number of aryl methyl sites for hydroxylation is 2. The lowest BCUT2D eigenvalue weighted by atomic mass is 9.86. The third kappa shape index (κ3) is 11.4. The van der Waals surface area contributed by atoms with Crippen LogP contribution in [0.2, 0.25) is 0 Å². The van der Waals surface area contributed by atoms with E-state index >= 15 is 0 Å². The highest BCUT2D eigenvalue weighted by molar-refractivity contribution is 5.44. The van der Waals surface area contributed by atoms with Gasteiger partial charge in [0.15, 0.2) is 0 Å². The zero-order chi connectivity index (χ0) is 31.7. The van der Waals surface area contributed by atoms with Gasteiger partial charge in [0.25, 0.3) is 0 Å². The van der Waals surface area contributed by atoms with Gasteiger partial charge in [0.2, 0.25) is 0 Å². The van der Waals surface area contributed by atoms with Gasteiger partial charge < -0.3 is 11.5 Å². The first kappa shape index (κ1) is 34.4. The maximum atomic E-state index is 5.97. The smallest absolute Gasteiger partial charge is 0.0314 e. The highest BCUT2D eigenvalue weighted by atomic mass is 14.5. The van der Waals surface area contributed by atoms with E-state index in [2.05, 4.69) is 86.6 Å². The monoisotopic (exact) mass is 602 g/mol. The van der Waals surface area contributed by atoms with Gasteiger partial charge in [-0.25, -0.2) is 0 Å². The van der Waals surface area contributed by atoms with E-state index in [1.54, 1.807) is 0 Å². The molecule has 0 aliphatic rings. The fraction of sp³-hybridized carbons (Fsp3) is 0.442. The Balaban J connectivity index is 1.18. The quantitative estimate of drug-likeness (QED) is 0.0781. The van der Waals surface area contributed by atoms with Crippen LogP contribution < -0.4 is 11.5 Å². The fourth-order valence-electron chi connectivity index (χ4n) is 6.73. The summed E-state index contributed by atoms with van der Waals surface area (Å²) in [6.45, 7) is 4.56. The van der Waals surface area contributed by atoms with Crippen molar-refractivity contribution in [2.24, 2.45) is 0 Å². The van der Waals surface area contributed by atoms with Crippen molar-refractivity contribution in [1.82, 2.24) is 0 Å². The normalized spacial score (nSPS) is 12.7. The molecule has 2 nitrogen and oxygen atoms in total. The van der Waals surface area contributed by atoms with Crippen LogP contribution in [-0.4, -0.2) is 0 Å². The highest BCUT2D eigenvalue weighted by Gasteiger charge is 2.15. The molecule has 2 atom stereocenters. The molecule has 0 saturated carbocycles. The van der Waals surface area contributed by atoms with Crippen molar-refractivity contribution in [1.29, 1.82) is 0 Å². The molecule has 4 rings (SSSR count). The second kappa shape index (κ2) is 19.1. The van der Waals surface area contributed by atoms with Crippen LogP contribution in [0.4, 0.5) is 11.4 Å². The zero-order valence-corrected chi connectivity index (χ0v) is 28.2. The fourth-order valence-corrected chi connectivity index (χ4v) is 6.73. The van der Waals surface area contributed by atoms with E-state index in [-0.39, 0.29) is 0 Å². The first-order chi connectivity index (χ1) is 22.1. The Bertz CT molecular complexity index is 1230. The van der Waals surface area contributed by atoms with E-state index in [0.29, 0.717) is 11.8 Å². The lowest BCUT2D eigenvalue weighted by Gasteiger charge is -2.19. The van der Waals surface area contributed by atoms with Crippen LogP contribution >= 0.6 is 0 Å². The largest absolute Gasteiger partial charge is 0.399 e. The van der Waals surface area contributed by atoms with Crippen LogP contribution in [-0.2, 0) is 12.8 Å².